The average molecular weight is 202 g/mol. The molecule has 0 amide bonds. The van der Waals surface area contributed by atoms with Gasteiger partial charge in [0.1, 0.15) is 17.2 Å². The van der Waals surface area contributed by atoms with Crippen molar-refractivity contribution in [3.8, 4) is 0 Å². The van der Waals surface area contributed by atoms with E-state index in [0.29, 0.717) is 12.4 Å². The highest BCUT2D eigenvalue weighted by molar-refractivity contribution is 6.35. The Morgan fingerprint density at radius 2 is 2.38 bits per heavy atom. The van der Waals surface area contributed by atoms with Crippen LogP contribution in [0.15, 0.2) is 6.33 Å². The van der Waals surface area contributed by atoms with E-state index < -0.39 is 5.97 Å². The zero-order chi connectivity index (χ0) is 9.84. The van der Waals surface area contributed by atoms with Crippen LogP contribution >= 0.6 is 11.6 Å². The predicted octanol–water partition coefficient (Wildman–Crippen LogP) is 1.26. The summed E-state index contributed by atoms with van der Waals surface area (Å²) >= 11 is 5.71. The van der Waals surface area contributed by atoms with E-state index in [-0.39, 0.29) is 10.7 Å². The van der Waals surface area contributed by atoms with E-state index >= 15 is 0 Å². The van der Waals surface area contributed by atoms with Gasteiger partial charge >= 0.3 is 5.97 Å². The second kappa shape index (κ2) is 4.04. The number of rotatable bonds is 3. The van der Waals surface area contributed by atoms with Crippen molar-refractivity contribution < 1.29 is 9.90 Å². The number of carbonyl (C=O) groups is 1. The van der Waals surface area contributed by atoms with Gasteiger partial charge in [0.2, 0.25) is 0 Å². The van der Waals surface area contributed by atoms with Crippen LogP contribution < -0.4 is 5.32 Å². The highest BCUT2D eigenvalue weighted by Crippen LogP contribution is 2.21. The minimum atomic E-state index is -1.16. The van der Waals surface area contributed by atoms with Gasteiger partial charge in [-0.25, -0.2) is 14.8 Å². The summed E-state index contributed by atoms with van der Waals surface area (Å²) < 4.78 is 0. The van der Waals surface area contributed by atoms with E-state index in [1.165, 1.54) is 0 Å². The number of carboxylic acid groups (broad SMARTS) is 1. The Morgan fingerprint density at radius 3 is 2.92 bits per heavy atom. The van der Waals surface area contributed by atoms with Gasteiger partial charge in [-0.15, -0.1) is 0 Å². The van der Waals surface area contributed by atoms with Crippen LogP contribution in [-0.4, -0.2) is 27.6 Å². The molecule has 0 unspecified atom stereocenters. The van der Waals surface area contributed by atoms with Gasteiger partial charge in [0, 0.05) is 6.54 Å². The molecule has 0 spiro atoms. The minimum absolute atomic E-state index is 0.0388. The fraction of sp³-hybridized carbons (Fsp3) is 0.286. The van der Waals surface area contributed by atoms with Gasteiger partial charge in [-0.05, 0) is 6.92 Å². The van der Waals surface area contributed by atoms with Crippen LogP contribution in [0.4, 0.5) is 5.82 Å². The lowest BCUT2D eigenvalue weighted by atomic mass is 10.4. The van der Waals surface area contributed by atoms with Gasteiger partial charge in [-0.1, -0.05) is 11.6 Å². The zero-order valence-corrected chi connectivity index (χ0v) is 7.67. The lowest BCUT2D eigenvalue weighted by Crippen LogP contribution is -2.07. The third kappa shape index (κ3) is 2.06. The smallest absolute Gasteiger partial charge is 0.356 e. The molecule has 0 radical (unpaired) electrons. The van der Waals surface area contributed by atoms with Crippen molar-refractivity contribution in [2.24, 2.45) is 0 Å². The largest absolute Gasteiger partial charge is 0.476 e. The molecule has 0 bridgehead atoms. The van der Waals surface area contributed by atoms with Crippen LogP contribution in [0.5, 0.6) is 0 Å². The summed E-state index contributed by atoms with van der Waals surface area (Å²) in [6.45, 7) is 2.48. The first kappa shape index (κ1) is 9.73. The van der Waals surface area contributed by atoms with Crippen molar-refractivity contribution in [3.05, 3.63) is 17.0 Å². The number of halogens is 1. The highest BCUT2D eigenvalue weighted by atomic mass is 35.5. The molecule has 6 heteroatoms. The van der Waals surface area contributed by atoms with Crippen LogP contribution in [0.2, 0.25) is 5.02 Å². The summed E-state index contributed by atoms with van der Waals surface area (Å²) in [6, 6.07) is 0. The quantitative estimate of drug-likeness (QED) is 0.770. The second-order valence-electron chi connectivity index (χ2n) is 2.22. The first-order valence-corrected chi connectivity index (χ1v) is 4.02. The summed E-state index contributed by atoms with van der Waals surface area (Å²) in [5.41, 5.74) is -0.187. The number of nitrogens with zero attached hydrogens (tertiary/aromatic N) is 2. The fourth-order valence-electron chi connectivity index (χ4n) is 0.810. The number of hydrogen-bond donors (Lipinski definition) is 2. The SMILES string of the molecule is CCNc1ncnc(C(=O)O)c1Cl. The van der Waals surface area contributed by atoms with Crippen molar-refractivity contribution in [1.82, 2.24) is 9.97 Å². The third-order valence-corrected chi connectivity index (χ3v) is 1.69. The molecule has 70 valence electrons. The van der Waals surface area contributed by atoms with Gasteiger partial charge < -0.3 is 10.4 Å². The standard InChI is InChI=1S/C7H8ClN3O2/c1-2-9-6-4(8)5(7(12)13)10-3-11-6/h3H,2H2,1H3,(H,12,13)(H,9,10,11). The van der Waals surface area contributed by atoms with Crippen molar-refractivity contribution in [3.63, 3.8) is 0 Å². The van der Waals surface area contributed by atoms with Crippen molar-refractivity contribution in [2.75, 3.05) is 11.9 Å². The van der Waals surface area contributed by atoms with E-state index in [1.54, 1.807) is 0 Å². The van der Waals surface area contributed by atoms with Gasteiger partial charge in [-0.2, -0.15) is 0 Å². The summed E-state index contributed by atoms with van der Waals surface area (Å²) in [4.78, 5) is 17.9. The fourth-order valence-corrected chi connectivity index (χ4v) is 1.05. The molecule has 2 N–H and O–H groups in total. The van der Waals surface area contributed by atoms with E-state index in [1.807, 2.05) is 6.92 Å². The normalized spacial score (nSPS) is 9.69. The number of anilines is 1. The molecular formula is C7H8ClN3O2. The van der Waals surface area contributed by atoms with Crippen LogP contribution in [-0.2, 0) is 0 Å². The Balaban J connectivity index is 3.10. The molecule has 13 heavy (non-hydrogen) atoms. The van der Waals surface area contributed by atoms with Crippen LogP contribution in [0, 0.1) is 0 Å². The van der Waals surface area contributed by atoms with Crippen molar-refractivity contribution in [2.45, 2.75) is 6.92 Å². The van der Waals surface area contributed by atoms with Crippen molar-refractivity contribution >= 4 is 23.4 Å². The Bertz CT molecular complexity index is 330. The first-order valence-electron chi connectivity index (χ1n) is 3.64. The maximum atomic E-state index is 10.6. The predicted molar refractivity (Wildman–Crippen MR) is 48.2 cm³/mol. The molecule has 0 saturated heterocycles. The maximum absolute atomic E-state index is 10.6. The molecule has 0 aliphatic carbocycles. The molecule has 0 aromatic carbocycles. The molecule has 0 saturated carbocycles. The summed E-state index contributed by atoms with van der Waals surface area (Å²) in [5, 5.41) is 11.5. The van der Waals surface area contributed by atoms with Crippen LogP contribution in [0.3, 0.4) is 0 Å². The number of carboxylic acids is 1. The Hall–Kier alpha value is -1.36. The highest BCUT2D eigenvalue weighted by Gasteiger charge is 2.14. The molecule has 0 aliphatic rings. The van der Waals surface area contributed by atoms with E-state index in [2.05, 4.69) is 15.3 Å². The van der Waals surface area contributed by atoms with Gasteiger partial charge in [-0.3, -0.25) is 0 Å². The lowest BCUT2D eigenvalue weighted by molar-refractivity contribution is 0.0690. The lowest BCUT2D eigenvalue weighted by Gasteiger charge is -2.04. The maximum Gasteiger partial charge on any atom is 0.356 e. The van der Waals surface area contributed by atoms with E-state index in [0.717, 1.165) is 6.33 Å². The topological polar surface area (TPSA) is 75.1 Å². The van der Waals surface area contributed by atoms with Crippen LogP contribution in [0.1, 0.15) is 17.4 Å². The second-order valence-corrected chi connectivity index (χ2v) is 2.60. The number of nitrogens with one attached hydrogen (secondary N) is 1. The molecule has 5 nitrogen and oxygen atoms in total. The first-order chi connectivity index (χ1) is 6.16. The Kier molecular flexibility index (Phi) is 3.02. The summed E-state index contributed by atoms with van der Waals surface area (Å²) in [6.07, 6.45) is 1.16. The summed E-state index contributed by atoms with van der Waals surface area (Å²) in [5.74, 6) is -0.817. The number of aromatic carboxylic acids is 1. The molecule has 1 aromatic heterocycles. The molecule has 0 fully saturated rings. The molecule has 0 atom stereocenters. The van der Waals surface area contributed by atoms with E-state index in [9.17, 15) is 4.79 Å². The minimum Gasteiger partial charge on any atom is -0.476 e. The van der Waals surface area contributed by atoms with Gasteiger partial charge in [0.25, 0.3) is 0 Å². The Morgan fingerprint density at radius 1 is 1.69 bits per heavy atom. The molecule has 1 aromatic rings. The third-order valence-electron chi connectivity index (χ3n) is 1.34. The summed E-state index contributed by atoms with van der Waals surface area (Å²) in [7, 11) is 0. The van der Waals surface area contributed by atoms with Crippen molar-refractivity contribution in [1.29, 1.82) is 0 Å². The monoisotopic (exact) mass is 201 g/mol. The van der Waals surface area contributed by atoms with Crippen LogP contribution in [0.25, 0.3) is 0 Å². The molecule has 1 rings (SSSR count). The van der Waals surface area contributed by atoms with E-state index in [4.69, 9.17) is 16.7 Å². The molecular weight excluding hydrogens is 194 g/mol. The number of aromatic nitrogens is 2. The number of hydrogen-bond acceptors (Lipinski definition) is 4. The van der Waals surface area contributed by atoms with Gasteiger partial charge in [0.05, 0.1) is 0 Å². The van der Waals surface area contributed by atoms with Gasteiger partial charge in [0.15, 0.2) is 5.69 Å². The Labute approximate surface area is 79.8 Å². The molecule has 1 heterocycles. The zero-order valence-electron chi connectivity index (χ0n) is 6.91. The average Bonchev–Trinajstić information content (AvgIpc) is 2.08. The molecule has 0 aliphatic heterocycles.